The lowest BCUT2D eigenvalue weighted by Gasteiger charge is -2.09. The fourth-order valence-corrected chi connectivity index (χ4v) is 4.07. The fourth-order valence-electron chi connectivity index (χ4n) is 1.78. The maximum atomic E-state index is 12.3. The number of nitrogens with one attached hydrogen (secondary N) is 2. The van der Waals surface area contributed by atoms with Crippen molar-refractivity contribution >= 4 is 48.3 Å². The highest BCUT2D eigenvalue weighted by atomic mass is 79.9. The number of amides is 1. The van der Waals surface area contributed by atoms with Crippen LogP contribution in [0.25, 0.3) is 0 Å². The van der Waals surface area contributed by atoms with Gasteiger partial charge in [-0.15, -0.1) is 11.3 Å². The highest BCUT2D eigenvalue weighted by Crippen LogP contribution is 2.25. The Hall–Kier alpha value is -1.29. The van der Waals surface area contributed by atoms with Crippen molar-refractivity contribution in [1.82, 2.24) is 9.71 Å². The molecule has 3 rings (SSSR count). The van der Waals surface area contributed by atoms with Gasteiger partial charge in [-0.25, -0.2) is 18.1 Å². The first-order valence-electron chi connectivity index (χ1n) is 6.48. The van der Waals surface area contributed by atoms with Crippen molar-refractivity contribution in [2.24, 2.45) is 0 Å². The molecule has 1 amide bonds. The van der Waals surface area contributed by atoms with Gasteiger partial charge in [-0.1, -0.05) is 0 Å². The predicted octanol–water partition coefficient (Wildman–Crippen LogP) is 2.60. The molecule has 0 unspecified atom stereocenters. The average Bonchev–Trinajstić information content (AvgIpc) is 3.11. The van der Waals surface area contributed by atoms with E-state index in [4.69, 9.17) is 0 Å². The summed E-state index contributed by atoms with van der Waals surface area (Å²) in [6, 6.07) is 4.39. The van der Waals surface area contributed by atoms with Crippen molar-refractivity contribution in [1.29, 1.82) is 0 Å². The number of carbonyl (C=O) groups excluding carboxylic acids is 1. The van der Waals surface area contributed by atoms with E-state index in [-0.39, 0.29) is 16.5 Å². The van der Waals surface area contributed by atoms with Crippen LogP contribution in [0.5, 0.6) is 0 Å². The number of aromatic nitrogens is 1. The number of rotatable bonds is 5. The SMILES string of the molecule is O=C(Nc1nccs1)c1cc(S(=O)(=O)NC2CC2)ccc1Br. The summed E-state index contributed by atoms with van der Waals surface area (Å²) in [5, 5.41) is 4.83. The van der Waals surface area contributed by atoms with E-state index in [2.05, 4.69) is 31.0 Å². The number of nitrogens with zero attached hydrogens (tertiary/aromatic N) is 1. The lowest BCUT2D eigenvalue weighted by atomic mass is 10.2. The van der Waals surface area contributed by atoms with Gasteiger partial charge in [0.1, 0.15) is 0 Å². The molecule has 0 atom stereocenters. The number of hydrogen-bond donors (Lipinski definition) is 2. The molecule has 1 heterocycles. The van der Waals surface area contributed by atoms with Crippen LogP contribution in [-0.2, 0) is 10.0 Å². The van der Waals surface area contributed by atoms with Crippen molar-refractivity contribution in [3.05, 3.63) is 39.8 Å². The summed E-state index contributed by atoms with van der Waals surface area (Å²) in [7, 11) is -3.60. The molecule has 1 fully saturated rings. The minimum Gasteiger partial charge on any atom is -0.298 e. The molecule has 22 heavy (non-hydrogen) atoms. The lowest BCUT2D eigenvalue weighted by molar-refractivity contribution is 0.102. The van der Waals surface area contributed by atoms with Crippen LogP contribution in [0.4, 0.5) is 5.13 Å². The Labute approximate surface area is 140 Å². The number of halogens is 1. The summed E-state index contributed by atoms with van der Waals surface area (Å²) in [5.74, 6) is -0.412. The Bertz CT molecular complexity index is 802. The second-order valence-corrected chi connectivity index (χ2v) is 8.29. The van der Waals surface area contributed by atoms with E-state index in [1.807, 2.05) is 0 Å². The minimum absolute atomic E-state index is 0.0150. The van der Waals surface area contributed by atoms with Crippen molar-refractivity contribution in [2.45, 2.75) is 23.8 Å². The number of anilines is 1. The van der Waals surface area contributed by atoms with E-state index in [0.29, 0.717) is 9.60 Å². The summed E-state index contributed by atoms with van der Waals surface area (Å²) in [6.45, 7) is 0. The molecule has 2 aromatic rings. The lowest BCUT2D eigenvalue weighted by Crippen LogP contribution is -2.26. The third kappa shape index (κ3) is 3.54. The fraction of sp³-hybridized carbons (Fsp3) is 0.231. The summed E-state index contributed by atoms with van der Waals surface area (Å²) < 4.78 is 27.5. The normalized spacial score (nSPS) is 14.8. The smallest absolute Gasteiger partial charge is 0.258 e. The number of sulfonamides is 1. The summed E-state index contributed by atoms with van der Waals surface area (Å²) >= 11 is 4.56. The second kappa shape index (κ2) is 6.07. The maximum absolute atomic E-state index is 12.3. The topological polar surface area (TPSA) is 88.2 Å². The molecule has 0 bridgehead atoms. The van der Waals surface area contributed by atoms with Gasteiger partial charge in [-0.3, -0.25) is 10.1 Å². The first-order valence-corrected chi connectivity index (χ1v) is 9.64. The van der Waals surface area contributed by atoms with Gasteiger partial charge >= 0.3 is 0 Å². The number of benzene rings is 1. The van der Waals surface area contributed by atoms with Crippen molar-refractivity contribution in [3.8, 4) is 0 Å². The van der Waals surface area contributed by atoms with Crippen LogP contribution < -0.4 is 10.0 Å². The molecule has 0 spiro atoms. The Morgan fingerprint density at radius 1 is 1.36 bits per heavy atom. The van der Waals surface area contributed by atoms with E-state index in [0.717, 1.165) is 12.8 Å². The average molecular weight is 402 g/mol. The van der Waals surface area contributed by atoms with Crippen molar-refractivity contribution in [2.75, 3.05) is 5.32 Å². The van der Waals surface area contributed by atoms with Gasteiger partial charge in [0.15, 0.2) is 5.13 Å². The molecular formula is C13H12BrN3O3S2. The van der Waals surface area contributed by atoms with E-state index in [1.54, 1.807) is 17.6 Å². The second-order valence-electron chi connectivity index (χ2n) is 4.83. The van der Waals surface area contributed by atoms with Gasteiger partial charge in [0, 0.05) is 22.1 Å². The van der Waals surface area contributed by atoms with Crippen molar-refractivity contribution < 1.29 is 13.2 Å². The number of hydrogen-bond acceptors (Lipinski definition) is 5. The van der Waals surface area contributed by atoms with E-state index in [1.165, 1.54) is 23.5 Å². The maximum Gasteiger partial charge on any atom is 0.258 e. The van der Waals surface area contributed by atoms with Gasteiger partial charge in [0.2, 0.25) is 10.0 Å². The Balaban J connectivity index is 1.87. The van der Waals surface area contributed by atoms with Crippen LogP contribution in [0.3, 0.4) is 0 Å². The largest absolute Gasteiger partial charge is 0.298 e. The molecule has 2 N–H and O–H groups in total. The van der Waals surface area contributed by atoms with Gasteiger partial charge < -0.3 is 0 Å². The van der Waals surface area contributed by atoms with Crippen molar-refractivity contribution in [3.63, 3.8) is 0 Å². The summed E-state index contributed by atoms with van der Waals surface area (Å²) in [6.07, 6.45) is 3.29. The Morgan fingerprint density at radius 2 is 2.14 bits per heavy atom. The Morgan fingerprint density at radius 3 is 2.77 bits per heavy atom. The Kier molecular flexibility index (Phi) is 4.31. The zero-order valence-corrected chi connectivity index (χ0v) is 14.5. The third-order valence-corrected chi connectivity index (χ3v) is 5.94. The van der Waals surface area contributed by atoms with Gasteiger partial charge in [0.25, 0.3) is 5.91 Å². The van der Waals surface area contributed by atoms with Crippen LogP contribution in [0.2, 0.25) is 0 Å². The minimum atomic E-state index is -3.60. The molecule has 9 heteroatoms. The zero-order chi connectivity index (χ0) is 15.7. The number of thiazole rings is 1. The van der Waals surface area contributed by atoms with Gasteiger partial charge in [0.05, 0.1) is 10.5 Å². The van der Waals surface area contributed by atoms with Crippen LogP contribution in [0, 0.1) is 0 Å². The molecule has 6 nitrogen and oxygen atoms in total. The monoisotopic (exact) mass is 401 g/mol. The molecular weight excluding hydrogens is 390 g/mol. The molecule has 1 saturated carbocycles. The van der Waals surface area contributed by atoms with E-state index in [9.17, 15) is 13.2 Å². The highest BCUT2D eigenvalue weighted by Gasteiger charge is 2.28. The van der Waals surface area contributed by atoms with E-state index < -0.39 is 15.9 Å². The molecule has 1 aromatic carbocycles. The van der Waals surface area contributed by atoms with Crippen LogP contribution in [0.1, 0.15) is 23.2 Å². The summed E-state index contributed by atoms with van der Waals surface area (Å²) in [5.41, 5.74) is 0.244. The molecule has 1 aliphatic carbocycles. The van der Waals surface area contributed by atoms with Crippen LogP contribution >= 0.6 is 27.3 Å². The van der Waals surface area contributed by atoms with E-state index >= 15 is 0 Å². The predicted molar refractivity (Wildman–Crippen MR) is 87.6 cm³/mol. The molecule has 0 aliphatic heterocycles. The van der Waals surface area contributed by atoms with Crippen LogP contribution in [-0.4, -0.2) is 25.4 Å². The third-order valence-electron chi connectivity index (χ3n) is 3.04. The molecule has 1 aromatic heterocycles. The number of carbonyl (C=O) groups is 1. The molecule has 1 aliphatic rings. The quantitative estimate of drug-likeness (QED) is 0.805. The van der Waals surface area contributed by atoms with Crippen LogP contribution in [0.15, 0.2) is 39.1 Å². The molecule has 0 radical (unpaired) electrons. The standard InChI is InChI=1S/C13H12BrN3O3S2/c14-11-4-3-9(22(19,20)17-8-1-2-8)7-10(11)12(18)16-13-15-5-6-21-13/h3-8,17H,1-2H2,(H,15,16,18). The first kappa shape index (κ1) is 15.6. The van der Waals surface area contributed by atoms with Gasteiger partial charge in [-0.2, -0.15) is 0 Å². The molecule has 116 valence electrons. The molecule has 0 saturated heterocycles. The zero-order valence-electron chi connectivity index (χ0n) is 11.2. The van der Waals surface area contributed by atoms with Gasteiger partial charge in [-0.05, 0) is 47.0 Å². The summed E-state index contributed by atoms with van der Waals surface area (Å²) in [4.78, 5) is 16.3. The highest BCUT2D eigenvalue weighted by molar-refractivity contribution is 9.10. The first-order chi connectivity index (χ1) is 10.5.